The first-order valence-electron chi connectivity index (χ1n) is 40.0. The second-order valence-electron chi connectivity index (χ2n) is 34.4. The molecule has 6 fully saturated rings. The number of esters is 13. The molecule has 6 rings (SSSR count). The zero-order chi connectivity index (χ0) is 107. The largest absolute Gasteiger partial charge is 0.458 e. The predicted molar refractivity (Wildman–Crippen MR) is 383 cm³/mol. The van der Waals surface area contributed by atoms with Gasteiger partial charge in [-0.15, -0.1) is 0 Å². The van der Waals surface area contributed by atoms with E-state index >= 15 is 0 Å². The predicted octanol–water partition coefficient (Wildman–Crippen LogP) is 16.4. The van der Waals surface area contributed by atoms with Crippen LogP contribution in [0, 0.1) is 44.3 Å². The van der Waals surface area contributed by atoms with Gasteiger partial charge >= 0.3 is 139 Å². The lowest BCUT2D eigenvalue weighted by molar-refractivity contribution is -0.315. The zero-order valence-corrected chi connectivity index (χ0v) is 74.8. The molecule has 2 aliphatic carbocycles. The van der Waals surface area contributed by atoms with Crippen molar-refractivity contribution < 1.29 is 270 Å². The Labute approximate surface area is 751 Å². The third kappa shape index (κ3) is 33.3. The van der Waals surface area contributed by atoms with E-state index in [0.717, 1.165) is 34.6 Å². The van der Waals surface area contributed by atoms with Crippen molar-refractivity contribution in [1.82, 2.24) is 0 Å². The zero-order valence-electron chi connectivity index (χ0n) is 74.8. The van der Waals surface area contributed by atoms with Gasteiger partial charge in [-0.25, -0.2) is 24.0 Å². The topological polar surface area (TPSA) is 370 Å². The van der Waals surface area contributed by atoms with Crippen molar-refractivity contribution >= 4 is 77.6 Å². The van der Waals surface area contributed by atoms with Crippen LogP contribution in [0.4, 0.5) is 132 Å². The van der Waals surface area contributed by atoms with E-state index in [2.05, 4.69) is 42.6 Å². The average Bonchev–Trinajstić information content (AvgIpc) is 1.52. The number of rotatable bonds is 30. The molecule has 0 aromatic carbocycles. The van der Waals surface area contributed by atoms with Gasteiger partial charge in [0.2, 0.25) is 6.10 Å². The second kappa shape index (κ2) is 44.6. The van der Waals surface area contributed by atoms with Crippen molar-refractivity contribution in [1.29, 1.82) is 0 Å². The van der Waals surface area contributed by atoms with Crippen LogP contribution in [0.5, 0.6) is 0 Å². The molecule has 2 saturated carbocycles. The van der Waals surface area contributed by atoms with Crippen molar-refractivity contribution in [3.8, 4) is 0 Å². The van der Waals surface area contributed by atoms with Gasteiger partial charge in [-0.3, -0.25) is 38.4 Å². The van der Waals surface area contributed by atoms with Gasteiger partial charge in [-0.05, 0) is 148 Å². The van der Waals surface area contributed by atoms with Gasteiger partial charge in [-0.2, -0.15) is 132 Å². The van der Waals surface area contributed by atoms with Gasteiger partial charge in [0.05, 0.1) is 27.1 Å². The molecule has 0 aromatic rings. The number of ether oxygens (including phenoxy) is 16. The molecule has 2 bridgehead atoms. The van der Waals surface area contributed by atoms with Crippen LogP contribution in [0.15, 0.2) is 0 Å². The summed E-state index contributed by atoms with van der Waals surface area (Å²) in [5.74, 6) is -22.0. The van der Waals surface area contributed by atoms with Gasteiger partial charge in [0.1, 0.15) is 18.3 Å². The summed E-state index contributed by atoms with van der Waals surface area (Å²) in [6, 6.07) is 0. The van der Waals surface area contributed by atoms with E-state index in [1.807, 2.05) is 6.92 Å². The summed E-state index contributed by atoms with van der Waals surface area (Å²) >= 11 is 0. The Bertz CT molecular complexity index is 4010. The fraction of sp³-hybridized carbons (Fsp3) is 0.831. The molecular formula is C77H96F30O29. The lowest BCUT2D eigenvalue weighted by Gasteiger charge is -2.33. The lowest BCUT2D eigenvalue weighted by atomic mass is 9.73. The highest BCUT2D eigenvalue weighted by Gasteiger charge is 2.76. The normalized spacial score (nSPS) is 23.7. The van der Waals surface area contributed by atoms with Gasteiger partial charge in [-0.1, -0.05) is 34.6 Å². The Morgan fingerprint density at radius 3 is 1.08 bits per heavy atom. The minimum Gasteiger partial charge on any atom is -0.458 e. The maximum Gasteiger partial charge on any atom is 0.434 e. The number of hydrogen-bond donors (Lipinski definition) is 0. The number of carbonyl (C=O) groups excluding carboxylic acids is 13. The summed E-state index contributed by atoms with van der Waals surface area (Å²) in [4.78, 5) is 156. The summed E-state index contributed by atoms with van der Waals surface area (Å²) in [5, 5.41) is 0. The number of carbonyl (C=O) groups is 13. The van der Waals surface area contributed by atoms with Gasteiger partial charge in [0.15, 0.2) is 54.6 Å². The molecule has 0 aromatic heterocycles. The molecule has 16 atom stereocenters. The molecule has 29 nitrogen and oxygen atoms in total. The fourth-order valence-corrected chi connectivity index (χ4v) is 11.3. The highest BCUT2D eigenvalue weighted by molar-refractivity contribution is 6.03. The first-order chi connectivity index (χ1) is 60.7. The third-order valence-electron chi connectivity index (χ3n) is 21.8. The van der Waals surface area contributed by atoms with Crippen LogP contribution in [0.3, 0.4) is 0 Å². The first-order valence-corrected chi connectivity index (χ1v) is 40.0. The monoisotopic (exact) mass is 2050 g/mol. The van der Waals surface area contributed by atoms with E-state index in [-0.39, 0.29) is 51.9 Å². The fourth-order valence-electron chi connectivity index (χ4n) is 11.3. The van der Waals surface area contributed by atoms with Crippen molar-refractivity contribution in [2.24, 2.45) is 44.3 Å². The summed E-state index contributed by atoms with van der Waals surface area (Å²) in [5.41, 5.74) is -7.14. The number of halogens is 30. The number of alkyl halides is 30. The minimum atomic E-state index is -6.19. The maximum absolute atomic E-state index is 12.7. The van der Waals surface area contributed by atoms with Crippen LogP contribution in [-0.4, -0.2) is 244 Å². The average molecular weight is 2060 g/mol. The van der Waals surface area contributed by atoms with Crippen molar-refractivity contribution in [2.45, 2.75) is 355 Å². The highest BCUT2D eigenvalue weighted by Crippen LogP contribution is 2.64. The van der Waals surface area contributed by atoms with E-state index in [1.165, 1.54) is 20.8 Å². The molecule has 6 aliphatic rings. The molecule has 16 unspecified atom stereocenters. The molecule has 788 valence electrons. The quantitative estimate of drug-likeness (QED) is 0.0279. The van der Waals surface area contributed by atoms with Crippen LogP contribution in [0.2, 0.25) is 0 Å². The van der Waals surface area contributed by atoms with Crippen LogP contribution in [0.1, 0.15) is 196 Å². The summed E-state index contributed by atoms with van der Waals surface area (Å²) < 4.78 is 447. The molecule has 136 heavy (non-hydrogen) atoms. The molecule has 4 aliphatic heterocycles. The van der Waals surface area contributed by atoms with Crippen LogP contribution < -0.4 is 0 Å². The van der Waals surface area contributed by atoms with Crippen LogP contribution in [-0.2, 0) is 138 Å². The lowest BCUT2D eigenvalue weighted by Crippen LogP contribution is -2.50. The number of fused-ring (bicyclic) bond motifs is 4. The Kier molecular flexibility index (Phi) is 40.3. The SMILES string of the molecule is CCC(C)(C)C(=O)OC(C(=O)OC(C)C(F)(F)F)C(=O)OC(C(F)(F)F)C(F)(F)F.CCC(C)(C)C(=O)OC(C(=O)OC(C)C(F)(F)F)C(=O)OC(C(F)(F)F)C(F)(F)F.CCC(C)(C)C(=O)OC1C(=O)OC2C3OC(C)(CCCC(=O)OC(C(F)(F)F)C(F)(F)F)OC3OC12.CCC(C)(C)C(=O)OC1C2CC3C1OC(=O)C3(C(=O)OC(C)C(F)(F)F)C2.CCC(C)(C)C(=O)OCC(F)(F)F. The molecule has 0 spiro atoms. The Hall–Kier alpha value is -9.11. The Balaban J connectivity index is 0.000000589. The smallest absolute Gasteiger partial charge is 0.434 e. The highest BCUT2D eigenvalue weighted by atomic mass is 19.5. The van der Waals surface area contributed by atoms with E-state index in [0.29, 0.717) is 25.7 Å². The molecule has 59 heteroatoms. The molecule has 4 heterocycles. The molecule has 4 saturated heterocycles. The summed E-state index contributed by atoms with van der Waals surface area (Å²) in [7, 11) is 0. The maximum atomic E-state index is 12.7. The number of hydrogen-bond acceptors (Lipinski definition) is 29. The molecular weight excluding hydrogens is 1960 g/mol. The minimum absolute atomic E-state index is 0.0269. The molecule has 0 N–H and O–H groups in total. The van der Waals surface area contributed by atoms with Crippen molar-refractivity contribution in [3.63, 3.8) is 0 Å². The first kappa shape index (κ1) is 123. The standard InChI is InChI=1S/C21H26F6O9.C18H23F3O6.2C15H17F9O6.C8H13F3O2/c1-5-18(2,3)17(30)34-12-10-11(32-14(12)29)13-15(33-10)36-19(4,35-13)8-6-7-9(28)31-16(20(22,23)24)21(25,26)27;1-5-16(3,4)13(22)26-11-9-6-10-12(11)27-15(24)17(10,7-9)14(23)25-8(2)18(19,20)21;2*1-5-12(3,4)11(27)29-7(8(25)28-6(2)13(16,17)18)9(26)30-10(14(19,20)21)15(22,23)24;1-4-7(2,3)6(12)13-5-8(9,10)11/h10-13,15-16H,5-8H2,1-4H3;8-12H,5-7H2,1-4H3;2*6-7,10H,5H2,1-4H3;4-5H2,1-3H3. The second-order valence-corrected chi connectivity index (χ2v) is 34.4. The van der Waals surface area contributed by atoms with E-state index in [4.69, 9.17) is 33.2 Å². The van der Waals surface area contributed by atoms with Gasteiger partial charge < -0.3 is 75.8 Å². The summed E-state index contributed by atoms with van der Waals surface area (Å²) in [6.45, 7) is 23.8. The Morgan fingerprint density at radius 1 is 0.390 bits per heavy atom. The van der Waals surface area contributed by atoms with E-state index in [1.54, 1.807) is 55.4 Å². The van der Waals surface area contributed by atoms with Crippen molar-refractivity contribution in [2.75, 3.05) is 6.61 Å². The molecule has 0 amide bonds. The van der Waals surface area contributed by atoms with Gasteiger partial charge in [0, 0.05) is 24.7 Å². The van der Waals surface area contributed by atoms with Crippen LogP contribution >= 0.6 is 0 Å². The van der Waals surface area contributed by atoms with Gasteiger partial charge in [0.25, 0.3) is 30.5 Å². The van der Waals surface area contributed by atoms with Crippen molar-refractivity contribution in [3.05, 3.63) is 0 Å². The van der Waals surface area contributed by atoms with E-state index in [9.17, 15) is 194 Å². The summed E-state index contributed by atoms with van der Waals surface area (Å²) in [6.07, 6.45) is -90.5. The van der Waals surface area contributed by atoms with E-state index < -0.39 is 288 Å². The van der Waals surface area contributed by atoms with Crippen LogP contribution in [0.25, 0.3) is 0 Å². The molecule has 0 radical (unpaired) electrons. The Morgan fingerprint density at radius 2 is 0.728 bits per heavy atom. The third-order valence-corrected chi connectivity index (χ3v) is 21.8.